The highest BCUT2D eigenvalue weighted by Crippen LogP contribution is 2.67. The Morgan fingerprint density at radius 2 is 1.13 bits per heavy atom. The predicted octanol–water partition coefficient (Wildman–Crippen LogP) is 13.8. The zero-order chi connectivity index (χ0) is 39.7. The molecule has 7 aromatic carbocycles. The molecular weight excluding hydrogens is 751 g/mol. The lowest BCUT2D eigenvalue weighted by molar-refractivity contribution is 0.477. The highest BCUT2D eigenvalue weighted by Gasteiger charge is 2.56. The van der Waals surface area contributed by atoms with E-state index in [0.717, 1.165) is 51.1 Å². The molecule has 0 bridgehead atoms. The van der Waals surface area contributed by atoms with Gasteiger partial charge in [0.2, 0.25) is 0 Å². The molecule has 5 aliphatic rings. The second kappa shape index (κ2) is 12.2. The topological polar surface area (TPSA) is 37.7 Å². The number of para-hydroxylation sites is 4. The first-order valence-electron chi connectivity index (χ1n) is 20.4. The van der Waals surface area contributed by atoms with Crippen LogP contribution < -0.4 is 9.64 Å². The van der Waals surface area contributed by atoms with Gasteiger partial charge in [0.15, 0.2) is 11.5 Å². The minimum atomic E-state index is -0.755. The molecule has 1 unspecified atom stereocenters. The van der Waals surface area contributed by atoms with Gasteiger partial charge < -0.3 is 9.64 Å². The lowest BCUT2D eigenvalue weighted by Gasteiger charge is -2.41. The maximum absolute atomic E-state index is 6.46. The van der Waals surface area contributed by atoms with Crippen molar-refractivity contribution >= 4 is 41.2 Å². The molecule has 282 valence electrons. The Morgan fingerprint density at radius 1 is 0.567 bits per heavy atom. The fourth-order valence-electron chi connectivity index (χ4n) is 11.2. The molecule has 0 saturated carbocycles. The summed E-state index contributed by atoms with van der Waals surface area (Å²) in [7, 11) is 0. The van der Waals surface area contributed by atoms with Crippen molar-refractivity contribution in [1.29, 1.82) is 0 Å². The predicted molar refractivity (Wildman–Crippen MR) is 243 cm³/mol. The fourth-order valence-corrected chi connectivity index (χ4v) is 12.4. The molecule has 3 heterocycles. The molecule has 0 saturated heterocycles. The summed E-state index contributed by atoms with van der Waals surface area (Å²) in [6.07, 6.45) is 6.36. The van der Waals surface area contributed by atoms with E-state index in [2.05, 4.69) is 170 Å². The highest BCUT2D eigenvalue weighted by atomic mass is 32.2. The molecule has 2 aliphatic heterocycles. The number of benzene rings is 7. The van der Waals surface area contributed by atoms with Crippen molar-refractivity contribution in [2.45, 2.75) is 27.5 Å². The smallest absolute Gasteiger partial charge is 0.151 e. The van der Waals surface area contributed by atoms with Crippen LogP contribution in [0.2, 0.25) is 0 Å². The Kier molecular flexibility index (Phi) is 6.84. The van der Waals surface area contributed by atoms with Gasteiger partial charge in [-0.25, -0.2) is 0 Å². The van der Waals surface area contributed by atoms with E-state index in [1.165, 1.54) is 65.4 Å². The highest BCUT2D eigenvalue weighted by molar-refractivity contribution is 7.99. The molecule has 2 spiro atoms. The van der Waals surface area contributed by atoms with E-state index in [0.29, 0.717) is 0 Å². The maximum Gasteiger partial charge on any atom is 0.151 e. The van der Waals surface area contributed by atoms with Crippen LogP contribution in [-0.2, 0) is 10.8 Å². The van der Waals surface area contributed by atoms with Crippen LogP contribution in [0.5, 0.6) is 11.5 Å². The summed E-state index contributed by atoms with van der Waals surface area (Å²) >= 11 is 1.87. The SMILES string of the molecule is C=NC1=C(/C=C\C)C2(c3ccccc3Sc3cc4c(cc32)-c2ccccc2C42c3ccccc3-c3ccccc32)c2cc(N3c4ccccc4Oc4ccccc43)cnc21. The van der Waals surface area contributed by atoms with Crippen LogP contribution in [0, 0.1) is 0 Å². The third-order valence-electron chi connectivity index (χ3n) is 13.4. The molecule has 13 rings (SSSR count). The Hall–Kier alpha value is -7.21. The lowest BCUT2D eigenvalue weighted by atomic mass is 9.65. The van der Waals surface area contributed by atoms with Crippen LogP contribution in [0.3, 0.4) is 0 Å². The molecule has 3 aliphatic carbocycles. The molecule has 4 nitrogen and oxygen atoms in total. The lowest BCUT2D eigenvalue weighted by Crippen LogP contribution is -2.33. The van der Waals surface area contributed by atoms with Gasteiger partial charge in [-0.3, -0.25) is 9.98 Å². The summed E-state index contributed by atoms with van der Waals surface area (Å²) in [6, 6.07) is 59.9. The maximum atomic E-state index is 6.46. The Labute approximate surface area is 352 Å². The molecule has 0 amide bonds. The van der Waals surface area contributed by atoms with Gasteiger partial charge in [0.05, 0.1) is 45.5 Å². The van der Waals surface area contributed by atoms with E-state index in [-0.39, 0.29) is 0 Å². The largest absolute Gasteiger partial charge is 0.453 e. The number of rotatable bonds is 3. The molecule has 8 aromatic rings. The second-order valence-electron chi connectivity index (χ2n) is 16.0. The number of ether oxygens (including phenoxy) is 1. The monoisotopic (exact) mass is 785 g/mol. The Morgan fingerprint density at radius 3 is 1.77 bits per heavy atom. The van der Waals surface area contributed by atoms with Crippen LogP contribution >= 0.6 is 11.8 Å². The molecule has 5 heteroatoms. The normalized spacial score (nSPS) is 17.6. The fraction of sp³-hybridized carbons (Fsp3) is 0.0545. The number of pyridine rings is 1. The van der Waals surface area contributed by atoms with Crippen molar-refractivity contribution in [3.05, 3.63) is 232 Å². The van der Waals surface area contributed by atoms with Crippen molar-refractivity contribution in [1.82, 2.24) is 4.98 Å². The van der Waals surface area contributed by atoms with E-state index in [9.17, 15) is 0 Å². The summed E-state index contributed by atoms with van der Waals surface area (Å²) in [5.41, 5.74) is 18.4. The number of hydrogen-bond acceptors (Lipinski definition) is 5. The molecule has 1 aromatic heterocycles. The Balaban J connectivity index is 1.14. The zero-order valence-electron chi connectivity index (χ0n) is 32.7. The first-order chi connectivity index (χ1) is 29.7. The third kappa shape index (κ3) is 4.03. The molecule has 0 N–H and O–H groups in total. The van der Waals surface area contributed by atoms with Gasteiger partial charge in [0.1, 0.15) is 0 Å². The van der Waals surface area contributed by atoms with E-state index in [1.54, 1.807) is 0 Å². The van der Waals surface area contributed by atoms with Crippen LogP contribution in [0.15, 0.2) is 202 Å². The number of aromatic nitrogens is 1. The van der Waals surface area contributed by atoms with Crippen LogP contribution in [0.25, 0.3) is 28.0 Å². The second-order valence-corrected chi connectivity index (χ2v) is 17.1. The van der Waals surface area contributed by atoms with Crippen molar-refractivity contribution in [2.24, 2.45) is 4.99 Å². The standard InChI is InChI=1S/C55H35N3OS/c1-3-16-42-52(56-2)53-45(29-33(32-57-53)58-46-24-11-13-26-48(46)59-49-27-14-12-25-47(49)58)55(42)41-23-10-15-28-50(41)60-51-31-43-37(30-44(51)55)36-19-6-9-22-40(36)54(43)38-20-7-4-17-34(38)35-18-5-8-21-39(35)54/h3-32H,2H2,1H3/b16-3-. The van der Waals surface area contributed by atoms with Crippen LogP contribution in [0.4, 0.5) is 17.1 Å². The van der Waals surface area contributed by atoms with Gasteiger partial charge in [0, 0.05) is 15.4 Å². The quantitative estimate of drug-likeness (QED) is 0.167. The van der Waals surface area contributed by atoms with Gasteiger partial charge in [-0.1, -0.05) is 139 Å². The Bertz CT molecular complexity index is 3200. The average Bonchev–Trinajstić information content (AvgIpc) is 3.87. The van der Waals surface area contributed by atoms with Crippen molar-refractivity contribution < 1.29 is 4.74 Å². The minimum absolute atomic E-state index is 0.450. The summed E-state index contributed by atoms with van der Waals surface area (Å²) in [5.74, 6) is 1.60. The summed E-state index contributed by atoms with van der Waals surface area (Å²) in [4.78, 5) is 14.9. The summed E-state index contributed by atoms with van der Waals surface area (Å²) < 4.78 is 6.46. The first-order valence-corrected chi connectivity index (χ1v) is 21.3. The van der Waals surface area contributed by atoms with E-state index in [1.807, 2.05) is 42.2 Å². The molecule has 60 heavy (non-hydrogen) atoms. The van der Waals surface area contributed by atoms with E-state index in [4.69, 9.17) is 14.7 Å². The number of fused-ring (bicyclic) bond motifs is 18. The third-order valence-corrected chi connectivity index (χ3v) is 14.5. The molecule has 0 radical (unpaired) electrons. The number of nitrogens with zero attached hydrogens (tertiary/aromatic N) is 3. The van der Waals surface area contributed by atoms with Gasteiger partial charge in [-0.15, -0.1) is 0 Å². The summed E-state index contributed by atoms with van der Waals surface area (Å²) in [6.45, 7) is 6.29. The van der Waals surface area contributed by atoms with Crippen LogP contribution in [-0.4, -0.2) is 11.7 Å². The van der Waals surface area contributed by atoms with Gasteiger partial charge in [0.25, 0.3) is 0 Å². The van der Waals surface area contributed by atoms with Gasteiger partial charge in [-0.2, -0.15) is 0 Å². The van der Waals surface area contributed by atoms with Crippen molar-refractivity contribution in [2.75, 3.05) is 4.90 Å². The zero-order valence-corrected chi connectivity index (χ0v) is 33.5. The number of hydrogen-bond donors (Lipinski definition) is 0. The van der Waals surface area contributed by atoms with Gasteiger partial charge in [-0.05, 0) is 123 Å². The number of allylic oxidation sites excluding steroid dienone is 3. The first kappa shape index (κ1) is 33.7. The summed E-state index contributed by atoms with van der Waals surface area (Å²) in [5, 5.41) is 0. The number of anilines is 3. The number of aliphatic imine (C=N–C) groups is 1. The van der Waals surface area contributed by atoms with E-state index >= 15 is 0 Å². The molecule has 1 atom stereocenters. The molecule has 0 fully saturated rings. The van der Waals surface area contributed by atoms with Crippen molar-refractivity contribution in [3.8, 4) is 33.8 Å². The van der Waals surface area contributed by atoms with Crippen LogP contribution in [0.1, 0.15) is 51.6 Å². The van der Waals surface area contributed by atoms with Gasteiger partial charge >= 0.3 is 0 Å². The minimum Gasteiger partial charge on any atom is -0.453 e. The molecular formula is C55H35N3OS. The average molecular weight is 786 g/mol. The van der Waals surface area contributed by atoms with Crippen molar-refractivity contribution in [3.63, 3.8) is 0 Å². The van der Waals surface area contributed by atoms with E-state index < -0.39 is 10.8 Å².